The molecule has 2 aromatic carbocycles. The molecule has 0 spiro atoms. The standard InChI is InChI=1S/C27H33N3O5/c1-33-11-10-27(32)30-15-24-25(16-30)34-18-20-5-3-7-23(13-20)35-22-6-2-4-19(12-22)14-29(21-8-9-21)17-26(31)28-24/h2-7,12-13,21,24-25H,8-11,14-18H2,1H3,(H,28,31)/t24-,25-/m0/s1. The molecule has 4 bridgehead atoms. The fraction of sp³-hybridized carbons (Fsp3) is 0.481. The van der Waals surface area contributed by atoms with Crippen molar-refractivity contribution >= 4 is 11.8 Å². The van der Waals surface area contributed by atoms with E-state index in [9.17, 15) is 9.59 Å². The number of nitrogens with one attached hydrogen (secondary N) is 1. The molecule has 8 heteroatoms. The summed E-state index contributed by atoms with van der Waals surface area (Å²) in [6.07, 6.45) is 2.24. The van der Waals surface area contributed by atoms with Crippen molar-refractivity contribution in [1.82, 2.24) is 15.1 Å². The van der Waals surface area contributed by atoms with Crippen LogP contribution in [0.2, 0.25) is 0 Å². The van der Waals surface area contributed by atoms with Crippen LogP contribution in [0, 0.1) is 0 Å². The number of benzene rings is 2. The lowest BCUT2D eigenvalue weighted by Crippen LogP contribution is -2.48. The Balaban J connectivity index is 1.39. The van der Waals surface area contributed by atoms with E-state index >= 15 is 0 Å². The molecule has 2 heterocycles. The maximum atomic E-state index is 13.1. The fourth-order valence-electron chi connectivity index (χ4n) is 4.80. The van der Waals surface area contributed by atoms with E-state index in [-0.39, 0.29) is 24.0 Å². The zero-order valence-electron chi connectivity index (χ0n) is 20.2. The van der Waals surface area contributed by atoms with Gasteiger partial charge in [0, 0.05) is 32.8 Å². The molecule has 8 nitrogen and oxygen atoms in total. The number of hydrogen-bond donors (Lipinski definition) is 1. The van der Waals surface area contributed by atoms with E-state index in [1.165, 1.54) is 0 Å². The summed E-state index contributed by atoms with van der Waals surface area (Å²) in [4.78, 5) is 29.8. The number of fused-ring (bicyclic) bond motifs is 5. The van der Waals surface area contributed by atoms with Crippen LogP contribution in [0.3, 0.4) is 0 Å². The molecule has 35 heavy (non-hydrogen) atoms. The second-order valence-corrected chi connectivity index (χ2v) is 9.60. The highest BCUT2D eigenvalue weighted by Gasteiger charge is 2.38. The van der Waals surface area contributed by atoms with E-state index in [1.54, 1.807) is 12.0 Å². The van der Waals surface area contributed by atoms with Crippen molar-refractivity contribution in [2.75, 3.05) is 33.4 Å². The average molecular weight is 480 g/mol. The van der Waals surface area contributed by atoms with Crippen molar-refractivity contribution in [3.05, 3.63) is 59.7 Å². The molecule has 0 aromatic heterocycles. The first-order chi connectivity index (χ1) is 17.1. The largest absolute Gasteiger partial charge is 0.457 e. The topological polar surface area (TPSA) is 80.3 Å². The first-order valence-electron chi connectivity index (χ1n) is 12.3. The lowest BCUT2D eigenvalue weighted by atomic mass is 10.1. The highest BCUT2D eigenvalue weighted by molar-refractivity contribution is 5.79. The number of methoxy groups -OCH3 is 1. The van der Waals surface area contributed by atoms with Gasteiger partial charge in [0.05, 0.1) is 38.3 Å². The van der Waals surface area contributed by atoms with Crippen LogP contribution in [0.5, 0.6) is 11.5 Å². The minimum atomic E-state index is -0.287. The van der Waals surface area contributed by atoms with Crippen molar-refractivity contribution in [1.29, 1.82) is 0 Å². The number of ether oxygens (including phenoxy) is 3. The molecule has 5 rings (SSSR count). The number of carbonyl (C=O) groups excluding carboxylic acids is 2. The second kappa shape index (κ2) is 10.8. The zero-order valence-corrected chi connectivity index (χ0v) is 20.2. The highest BCUT2D eigenvalue weighted by atomic mass is 16.5. The third-order valence-electron chi connectivity index (χ3n) is 6.78. The highest BCUT2D eigenvalue weighted by Crippen LogP contribution is 2.30. The summed E-state index contributed by atoms with van der Waals surface area (Å²) in [7, 11) is 1.59. The van der Waals surface area contributed by atoms with Gasteiger partial charge in [0.1, 0.15) is 11.5 Å². The molecule has 1 saturated carbocycles. The number of rotatable bonds is 4. The van der Waals surface area contributed by atoms with E-state index in [0.29, 0.717) is 51.9 Å². The lowest BCUT2D eigenvalue weighted by molar-refractivity contribution is -0.131. The minimum absolute atomic E-state index is 0.0115. The van der Waals surface area contributed by atoms with E-state index in [0.717, 1.165) is 35.5 Å². The molecule has 1 aliphatic carbocycles. The molecule has 0 radical (unpaired) electrons. The first-order valence-corrected chi connectivity index (χ1v) is 12.3. The molecule has 0 unspecified atom stereocenters. The maximum absolute atomic E-state index is 13.1. The summed E-state index contributed by atoms with van der Waals surface area (Å²) >= 11 is 0. The number of hydrogen-bond acceptors (Lipinski definition) is 6. The van der Waals surface area contributed by atoms with Gasteiger partial charge in [0.2, 0.25) is 11.8 Å². The van der Waals surface area contributed by atoms with Gasteiger partial charge in [0.25, 0.3) is 0 Å². The first kappa shape index (κ1) is 23.8. The Morgan fingerprint density at radius 3 is 2.54 bits per heavy atom. The van der Waals surface area contributed by atoms with Crippen LogP contribution >= 0.6 is 0 Å². The third kappa shape index (κ3) is 6.20. The number of carbonyl (C=O) groups is 2. The van der Waals surface area contributed by atoms with Gasteiger partial charge in [0.15, 0.2) is 0 Å². The molecule has 1 saturated heterocycles. The normalized spacial score (nSPS) is 23.3. The summed E-state index contributed by atoms with van der Waals surface area (Å²) in [6.45, 7) is 2.62. The van der Waals surface area contributed by atoms with Crippen LogP contribution in [-0.4, -0.2) is 73.2 Å². The summed E-state index contributed by atoms with van der Waals surface area (Å²) < 4.78 is 17.5. The van der Waals surface area contributed by atoms with Crippen LogP contribution in [0.4, 0.5) is 0 Å². The molecular weight excluding hydrogens is 446 g/mol. The van der Waals surface area contributed by atoms with Gasteiger partial charge >= 0.3 is 0 Å². The monoisotopic (exact) mass is 479 g/mol. The van der Waals surface area contributed by atoms with Crippen molar-refractivity contribution < 1.29 is 23.8 Å². The molecule has 2 fully saturated rings. The Morgan fingerprint density at radius 1 is 1.06 bits per heavy atom. The molecule has 1 N–H and O–H groups in total. The third-order valence-corrected chi connectivity index (χ3v) is 6.78. The van der Waals surface area contributed by atoms with Gasteiger partial charge in [-0.25, -0.2) is 0 Å². The van der Waals surface area contributed by atoms with Gasteiger partial charge in [-0.15, -0.1) is 0 Å². The predicted octanol–water partition coefficient (Wildman–Crippen LogP) is 2.71. The second-order valence-electron chi connectivity index (χ2n) is 9.60. The average Bonchev–Trinajstić information content (AvgIpc) is 3.62. The summed E-state index contributed by atoms with van der Waals surface area (Å²) in [5.41, 5.74) is 2.09. The van der Waals surface area contributed by atoms with Crippen LogP contribution < -0.4 is 10.1 Å². The zero-order chi connectivity index (χ0) is 24.2. The van der Waals surface area contributed by atoms with Crippen molar-refractivity contribution in [2.45, 2.75) is 50.6 Å². The summed E-state index contributed by atoms with van der Waals surface area (Å²) in [5.74, 6) is 1.50. The summed E-state index contributed by atoms with van der Waals surface area (Å²) in [6, 6.07) is 16.1. The Hall–Kier alpha value is -2.94. The molecule has 2 amide bonds. The fourth-order valence-corrected chi connectivity index (χ4v) is 4.80. The molecule has 3 aliphatic rings. The van der Waals surface area contributed by atoms with Crippen LogP contribution in [-0.2, 0) is 32.2 Å². The van der Waals surface area contributed by atoms with Gasteiger partial charge in [-0.3, -0.25) is 14.5 Å². The molecule has 2 aliphatic heterocycles. The van der Waals surface area contributed by atoms with Crippen LogP contribution in [0.15, 0.2) is 48.5 Å². The quantitative estimate of drug-likeness (QED) is 0.727. The molecule has 186 valence electrons. The Bertz CT molecular complexity index is 1060. The Morgan fingerprint density at radius 2 is 1.80 bits per heavy atom. The smallest absolute Gasteiger partial charge is 0.234 e. The number of nitrogens with zero attached hydrogens (tertiary/aromatic N) is 2. The van der Waals surface area contributed by atoms with E-state index < -0.39 is 0 Å². The number of likely N-dealkylation sites (tertiary alicyclic amines) is 1. The predicted molar refractivity (Wildman–Crippen MR) is 130 cm³/mol. The molecule has 2 atom stereocenters. The molecule has 2 aromatic rings. The maximum Gasteiger partial charge on any atom is 0.234 e. The van der Waals surface area contributed by atoms with Gasteiger partial charge in [-0.2, -0.15) is 0 Å². The van der Waals surface area contributed by atoms with Crippen molar-refractivity contribution in [2.24, 2.45) is 0 Å². The van der Waals surface area contributed by atoms with E-state index in [1.807, 2.05) is 42.5 Å². The van der Waals surface area contributed by atoms with Crippen molar-refractivity contribution in [3.63, 3.8) is 0 Å². The van der Waals surface area contributed by atoms with Crippen LogP contribution in [0.25, 0.3) is 0 Å². The SMILES string of the molecule is COCCC(=O)N1C[C@@H]2NC(=O)CN(C3CC3)Cc3cccc(c3)Oc3cccc(c3)CO[C@H]2C1. The molecular formula is C27H33N3O5. The minimum Gasteiger partial charge on any atom is -0.457 e. The van der Waals surface area contributed by atoms with Gasteiger partial charge in [-0.05, 0) is 48.2 Å². The number of amides is 2. The van der Waals surface area contributed by atoms with Gasteiger partial charge in [-0.1, -0.05) is 24.3 Å². The Kier molecular flexibility index (Phi) is 7.32. The van der Waals surface area contributed by atoms with Gasteiger partial charge < -0.3 is 24.4 Å². The summed E-state index contributed by atoms with van der Waals surface area (Å²) in [5, 5.41) is 3.17. The van der Waals surface area contributed by atoms with E-state index in [4.69, 9.17) is 14.2 Å². The Labute approximate surface area is 206 Å². The van der Waals surface area contributed by atoms with E-state index in [2.05, 4.69) is 16.3 Å². The lowest BCUT2D eigenvalue weighted by Gasteiger charge is -2.25. The van der Waals surface area contributed by atoms with Crippen LogP contribution in [0.1, 0.15) is 30.4 Å². The van der Waals surface area contributed by atoms with Crippen molar-refractivity contribution in [3.8, 4) is 11.5 Å².